The molecule has 0 aliphatic heterocycles. The molecule has 0 saturated carbocycles. The van der Waals surface area contributed by atoms with Gasteiger partial charge in [-0.25, -0.2) is 15.0 Å². The summed E-state index contributed by atoms with van der Waals surface area (Å²) < 4.78 is 6.62. The van der Waals surface area contributed by atoms with Crippen molar-refractivity contribution < 1.29 is 4.42 Å². The standard InChI is InChI=1S/C45H27N3O/c1-3-13-29(14-4-1)43-46-44(30-15-5-2-6-16-30)48-45(47-43)37-20-11-21-39-42(37)36-25-23-32(27-40(36)49-39)38-26-31-17-8-9-18-33(31)35-24-22-28-12-7-10-19-34(28)41(35)38/h1-27H. The Hall–Kier alpha value is -6.65. The molecule has 4 heteroatoms. The Balaban J connectivity index is 1.20. The number of nitrogens with zero attached hydrogens (tertiary/aromatic N) is 3. The molecule has 0 bridgehead atoms. The number of benzene rings is 8. The third-order valence-corrected chi connectivity index (χ3v) is 9.50. The van der Waals surface area contributed by atoms with Gasteiger partial charge >= 0.3 is 0 Å². The lowest BCUT2D eigenvalue weighted by molar-refractivity contribution is 0.669. The van der Waals surface area contributed by atoms with E-state index in [1.165, 1.54) is 37.9 Å². The Morgan fingerprint density at radius 3 is 1.71 bits per heavy atom. The zero-order chi connectivity index (χ0) is 32.3. The van der Waals surface area contributed by atoms with Crippen LogP contribution in [0.2, 0.25) is 0 Å². The smallest absolute Gasteiger partial charge is 0.164 e. The summed E-state index contributed by atoms with van der Waals surface area (Å²) in [5, 5.41) is 9.44. The van der Waals surface area contributed by atoms with Crippen LogP contribution in [0.5, 0.6) is 0 Å². The van der Waals surface area contributed by atoms with E-state index < -0.39 is 0 Å². The molecule has 0 aliphatic rings. The summed E-state index contributed by atoms with van der Waals surface area (Å²) in [4.78, 5) is 15.0. The van der Waals surface area contributed by atoms with E-state index in [1.807, 2.05) is 72.8 Å². The fourth-order valence-electron chi connectivity index (χ4n) is 7.22. The van der Waals surface area contributed by atoms with E-state index in [0.29, 0.717) is 17.5 Å². The quantitative estimate of drug-likeness (QED) is 0.183. The molecule has 0 atom stereocenters. The maximum Gasteiger partial charge on any atom is 0.164 e. The van der Waals surface area contributed by atoms with Gasteiger partial charge < -0.3 is 4.42 Å². The number of hydrogen-bond donors (Lipinski definition) is 0. The van der Waals surface area contributed by atoms with E-state index in [-0.39, 0.29) is 0 Å². The molecular weight excluding hydrogens is 599 g/mol. The molecule has 0 radical (unpaired) electrons. The van der Waals surface area contributed by atoms with Crippen LogP contribution in [-0.2, 0) is 0 Å². The van der Waals surface area contributed by atoms with Crippen molar-refractivity contribution >= 4 is 54.3 Å². The van der Waals surface area contributed by atoms with E-state index in [0.717, 1.165) is 44.2 Å². The Morgan fingerprint density at radius 1 is 0.327 bits per heavy atom. The van der Waals surface area contributed by atoms with Crippen LogP contribution in [0.4, 0.5) is 0 Å². The van der Waals surface area contributed by atoms with Crippen LogP contribution in [0.1, 0.15) is 0 Å². The second-order valence-electron chi connectivity index (χ2n) is 12.4. The summed E-state index contributed by atoms with van der Waals surface area (Å²) >= 11 is 0. The Bertz CT molecular complexity index is 2820. The van der Waals surface area contributed by atoms with Crippen molar-refractivity contribution in [3.63, 3.8) is 0 Å². The Kier molecular flexibility index (Phi) is 6.15. The summed E-state index contributed by atoms with van der Waals surface area (Å²) in [6, 6.07) is 56.9. The maximum atomic E-state index is 6.62. The predicted octanol–water partition coefficient (Wildman–Crippen LogP) is 11.9. The average Bonchev–Trinajstić information content (AvgIpc) is 3.56. The molecule has 49 heavy (non-hydrogen) atoms. The Labute approximate surface area is 282 Å². The summed E-state index contributed by atoms with van der Waals surface area (Å²) in [6.07, 6.45) is 0. The summed E-state index contributed by atoms with van der Waals surface area (Å²) in [7, 11) is 0. The molecule has 0 amide bonds. The molecule has 0 unspecified atom stereocenters. The first-order valence-corrected chi connectivity index (χ1v) is 16.4. The third-order valence-electron chi connectivity index (χ3n) is 9.50. The lowest BCUT2D eigenvalue weighted by Crippen LogP contribution is -2.00. The van der Waals surface area contributed by atoms with Crippen LogP contribution in [-0.4, -0.2) is 15.0 Å². The van der Waals surface area contributed by atoms with E-state index in [4.69, 9.17) is 19.4 Å². The van der Waals surface area contributed by atoms with Crippen molar-refractivity contribution in [3.8, 4) is 45.3 Å². The number of aromatic nitrogens is 3. The van der Waals surface area contributed by atoms with Crippen molar-refractivity contribution in [2.75, 3.05) is 0 Å². The number of fused-ring (bicyclic) bond motifs is 8. The largest absolute Gasteiger partial charge is 0.456 e. The first-order valence-electron chi connectivity index (χ1n) is 16.4. The molecule has 4 nitrogen and oxygen atoms in total. The van der Waals surface area contributed by atoms with Gasteiger partial charge in [0.25, 0.3) is 0 Å². The average molecular weight is 626 g/mol. The highest BCUT2D eigenvalue weighted by Crippen LogP contribution is 2.42. The highest BCUT2D eigenvalue weighted by molar-refractivity contribution is 6.23. The van der Waals surface area contributed by atoms with E-state index in [1.54, 1.807) is 0 Å². The molecule has 10 aromatic rings. The zero-order valence-corrected chi connectivity index (χ0v) is 26.3. The first kappa shape index (κ1) is 27.5. The van der Waals surface area contributed by atoms with Gasteiger partial charge in [-0.05, 0) is 67.7 Å². The van der Waals surface area contributed by atoms with Crippen molar-refractivity contribution in [3.05, 3.63) is 164 Å². The summed E-state index contributed by atoms with van der Waals surface area (Å²) in [5.41, 5.74) is 6.69. The van der Waals surface area contributed by atoms with Crippen molar-refractivity contribution in [2.24, 2.45) is 0 Å². The lowest BCUT2D eigenvalue weighted by Gasteiger charge is -2.14. The molecule has 228 valence electrons. The van der Waals surface area contributed by atoms with Crippen LogP contribution < -0.4 is 0 Å². The first-order chi connectivity index (χ1) is 24.3. The van der Waals surface area contributed by atoms with Crippen LogP contribution in [0, 0.1) is 0 Å². The molecule has 0 fully saturated rings. The zero-order valence-electron chi connectivity index (χ0n) is 26.3. The van der Waals surface area contributed by atoms with E-state index in [2.05, 4.69) is 91.0 Å². The van der Waals surface area contributed by atoms with Crippen molar-refractivity contribution in [2.45, 2.75) is 0 Å². The number of furan rings is 1. The SMILES string of the molecule is c1ccc(-c2nc(-c3ccccc3)nc(-c3cccc4oc5cc(-c6cc7ccccc7c7ccc8ccccc8c67)ccc5c34)n2)cc1. The van der Waals surface area contributed by atoms with E-state index in [9.17, 15) is 0 Å². The van der Waals surface area contributed by atoms with Crippen LogP contribution in [0.3, 0.4) is 0 Å². The van der Waals surface area contributed by atoms with Gasteiger partial charge in [-0.2, -0.15) is 0 Å². The molecule has 2 heterocycles. The third kappa shape index (κ3) is 4.49. The fourth-order valence-corrected chi connectivity index (χ4v) is 7.22. The number of hydrogen-bond acceptors (Lipinski definition) is 4. The van der Waals surface area contributed by atoms with Gasteiger partial charge in [0.05, 0.1) is 0 Å². The highest BCUT2D eigenvalue weighted by Gasteiger charge is 2.19. The summed E-state index contributed by atoms with van der Waals surface area (Å²) in [6.45, 7) is 0. The number of rotatable bonds is 4. The monoisotopic (exact) mass is 625 g/mol. The minimum absolute atomic E-state index is 0.608. The molecule has 2 aromatic heterocycles. The molecule has 0 saturated heterocycles. The maximum absolute atomic E-state index is 6.62. The van der Waals surface area contributed by atoms with Gasteiger partial charge in [-0.3, -0.25) is 0 Å². The van der Waals surface area contributed by atoms with Crippen LogP contribution in [0.25, 0.3) is 99.5 Å². The van der Waals surface area contributed by atoms with Crippen molar-refractivity contribution in [1.29, 1.82) is 0 Å². The highest BCUT2D eigenvalue weighted by atomic mass is 16.3. The van der Waals surface area contributed by atoms with Gasteiger partial charge in [0.2, 0.25) is 0 Å². The molecule has 10 rings (SSSR count). The van der Waals surface area contributed by atoms with Gasteiger partial charge in [0.15, 0.2) is 17.5 Å². The molecular formula is C45H27N3O. The van der Waals surface area contributed by atoms with Crippen molar-refractivity contribution in [1.82, 2.24) is 15.0 Å². The minimum Gasteiger partial charge on any atom is -0.456 e. The minimum atomic E-state index is 0.608. The van der Waals surface area contributed by atoms with Crippen LogP contribution >= 0.6 is 0 Å². The topological polar surface area (TPSA) is 51.8 Å². The second kappa shape index (κ2) is 11.0. The van der Waals surface area contributed by atoms with Gasteiger partial charge in [-0.1, -0.05) is 140 Å². The summed E-state index contributed by atoms with van der Waals surface area (Å²) in [5.74, 6) is 1.87. The van der Waals surface area contributed by atoms with Crippen LogP contribution in [0.15, 0.2) is 168 Å². The predicted molar refractivity (Wildman–Crippen MR) is 201 cm³/mol. The van der Waals surface area contributed by atoms with Gasteiger partial charge in [-0.15, -0.1) is 0 Å². The van der Waals surface area contributed by atoms with Gasteiger partial charge in [0.1, 0.15) is 11.2 Å². The fraction of sp³-hybridized carbons (Fsp3) is 0. The normalized spacial score (nSPS) is 11.7. The lowest BCUT2D eigenvalue weighted by atomic mass is 9.89. The molecule has 8 aromatic carbocycles. The molecule has 0 aliphatic carbocycles. The molecule has 0 N–H and O–H groups in total. The van der Waals surface area contributed by atoms with E-state index >= 15 is 0 Å². The van der Waals surface area contributed by atoms with Gasteiger partial charge in [0, 0.05) is 27.5 Å². The second-order valence-corrected chi connectivity index (χ2v) is 12.4. The Morgan fingerprint density at radius 2 is 0.959 bits per heavy atom. The molecule has 0 spiro atoms.